The van der Waals surface area contributed by atoms with E-state index in [0.717, 1.165) is 18.4 Å². The molecular weight excluding hydrogens is 350 g/mol. The van der Waals surface area contributed by atoms with Gasteiger partial charge in [-0.1, -0.05) is 39.0 Å². The first kappa shape index (κ1) is 19.9. The number of aromatic nitrogens is 4. The van der Waals surface area contributed by atoms with Crippen LogP contribution in [0.1, 0.15) is 51.7 Å². The van der Waals surface area contributed by atoms with E-state index in [0.29, 0.717) is 11.5 Å². The molecule has 3 rings (SSSR count). The second-order valence-electron chi connectivity index (χ2n) is 6.97. The average Bonchev–Trinajstić information content (AvgIpc) is 3.23. The van der Waals surface area contributed by atoms with Gasteiger partial charge < -0.3 is 25.4 Å². The molecule has 1 aliphatic heterocycles. The molecule has 1 fully saturated rings. The lowest BCUT2D eigenvalue weighted by Crippen LogP contribution is -2.33. The molecule has 9 nitrogen and oxygen atoms in total. The van der Waals surface area contributed by atoms with Gasteiger partial charge in [-0.3, -0.25) is 0 Å². The number of fused-ring (bicyclic) bond motifs is 1. The molecule has 2 aromatic rings. The molecule has 4 unspecified atom stereocenters. The van der Waals surface area contributed by atoms with Crippen molar-refractivity contribution in [3.05, 3.63) is 12.5 Å². The quantitative estimate of drug-likeness (QED) is 0.454. The fourth-order valence-electron chi connectivity index (χ4n) is 3.38. The summed E-state index contributed by atoms with van der Waals surface area (Å²) in [5.74, 6) is 0.687. The van der Waals surface area contributed by atoms with E-state index in [1.807, 2.05) is 0 Å². The van der Waals surface area contributed by atoms with Crippen LogP contribution in [0, 0.1) is 0 Å². The summed E-state index contributed by atoms with van der Waals surface area (Å²) in [5, 5.41) is 37.7. The number of hydrogen-bond acceptors (Lipinski definition) is 8. The molecule has 150 valence electrons. The zero-order valence-electron chi connectivity index (χ0n) is 15.7. The predicted molar refractivity (Wildman–Crippen MR) is 100 cm³/mol. The molecule has 0 aliphatic carbocycles. The maximum Gasteiger partial charge on any atom is 0.181 e. The van der Waals surface area contributed by atoms with E-state index >= 15 is 0 Å². The number of nitrogens with zero attached hydrogens (tertiary/aromatic N) is 4. The average molecular weight is 379 g/mol. The first-order valence-corrected chi connectivity index (χ1v) is 9.72. The van der Waals surface area contributed by atoms with Crippen LogP contribution in [0.25, 0.3) is 11.0 Å². The molecule has 4 atom stereocenters. The van der Waals surface area contributed by atoms with Crippen molar-refractivity contribution in [1.29, 1.82) is 0 Å². The Kier molecular flexibility index (Phi) is 6.95. The summed E-state index contributed by atoms with van der Waals surface area (Å²) in [6.45, 7) is 2.65. The van der Waals surface area contributed by atoms with E-state index in [-0.39, 0.29) is 6.61 Å². The van der Waals surface area contributed by atoms with Gasteiger partial charge in [0, 0.05) is 6.54 Å². The lowest BCUT2D eigenvalue weighted by Gasteiger charge is -2.15. The van der Waals surface area contributed by atoms with E-state index in [2.05, 4.69) is 27.3 Å². The smallest absolute Gasteiger partial charge is 0.181 e. The summed E-state index contributed by atoms with van der Waals surface area (Å²) in [7, 11) is 0. The standard InChI is InChI=1S/C18H29N5O4/c1-2-3-4-5-6-7-8-19-16-12-9-22-23(17(12)21-11-20-16)18-15(26)14(25)13(10-24)27-18/h9,11,13-15,18,24-26H,2-8,10H2,1H3,(H,19,20,21). The van der Waals surface area contributed by atoms with Crippen LogP contribution in [0.2, 0.25) is 0 Å². The summed E-state index contributed by atoms with van der Waals surface area (Å²) in [6, 6.07) is 0. The lowest BCUT2D eigenvalue weighted by molar-refractivity contribution is -0.0566. The maximum absolute atomic E-state index is 10.2. The second-order valence-corrected chi connectivity index (χ2v) is 6.97. The zero-order chi connectivity index (χ0) is 19.2. The highest BCUT2D eigenvalue weighted by Gasteiger charge is 2.44. The molecule has 4 N–H and O–H groups in total. The summed E-state index contributed by atoms with van der Waals surface area (Å²) < 4.78 is 6.97. The summed E-state index contributed by atoms with van der Waals surface area (Å²) >= 11 is 0. The van der Waals surface area contributed by atoms with Gasteiger partial charge in [0.25, 0.3) is 0 Å². The Bertz CT molecular complexity index is 725. The topological polar surface area (TPSA) is 126 Å². The molecule has 1 aliphatic rings. The van der Waals surface area contributed by atoms with E-state index in [4.69, 9.17) is 4.74 Å². The SMILES string of the molecule is CCCCCCCCNc1ncnc2c1cnn2C1OC(CO)C(O)C1O. The Balaban J connectivity index is 1.65. The minimum Gasteiger partial charge on any atom is -0.394 e. The summed E-state index contributed by atoms with van der Waals surface area (Å²) in [5.41, 5.74) is 0.505. The highest BCUT2D eigenvalue weighted by Crippen LogP contribution is 2.31. The number of anilines is 1. The number of aliphatic hydroxyl groups is 3. The van der Waals surface area contributed by atoms with Gasteiger partial charge >= 0.3 is 0 Å². The van der Waals surface area contributed by atoms with Crippen LogP contribution in [0.15, 0.2) is 12.5 Å². The van der Waals surface area contributed by atoms with Gasteiger partial charge in [0.2, 0.25) is 0 Å². The minimum atomic E-state index is -1.19. The maximum atomic E-state index is 10.2. The number of unbranched alkanes of at least 4 members (excludes halogenated alkanes) is 5. The largest absolute Gasteiger partial charge is 0.394 e. The van der Waals surface area contributed by atoms with Crippen LogP contribution in [0.5, 0.6) is 0 Å². The summed E-state index contributed by atoms with van der Waals surface area (Å²) in [4.78, 5) is 8.54. The molecule has 27 heavy (non-hydrogen) atoms. The Labute approximate surface area is 158 Å². The monoisotopic (exact) mass is 379 g/mol. The van der Waals surface area contributed by atoms with Crippen LogP contribution in [-0.2, 0) is 4.74 Å². The van der Waals surface area contributed by atoms with Gasteiger partial charge in [0.1, 0.15) is 30.5 Å². The van der Waals surface area contributed by atoms with Crippen LogP contribution >= 0.6 is 0 Å². The molecule has 3 heterocycles. The Morgan fingerprint density at radius 2 is 1.89 bits per heavy atom. The third-order valence-corrected chi connectivity index (χ3v) is 4.97. The summed E-state index contributed by atoms with van der Waals surface area (Å²) in [6.07, 6.45) is 6.25. The molecule has 9 heteroatoms. The van der Waals surface area contributed by atoms with E-state index in [1.165, 1.54) is 43.1 Å². The molecule has 0 spiro atoms. The van der Waals surface area contributed by atoms with Crippen molar-refractivity contribution >= 4 is 16.9 Å². The number of nitrogens with one attached hydrogen (secondary N) is 1. The molecule has 2 aromatic heterocycles. The Morgan fingerprint density at radius 3 is 2.63 bits per heavy atom. The van der Waals surface area contributed by atoms with Crippen molar-refractivity contribution in [2.24, 2.45) is 0 Å². The molecule has 0 radical (unpaired) electrons. The number of aliphatic hydroxyl groups excluding tert-OH is 3. The molecule has 0 amide bonds. The number of hydrogen-bond donors (Lipinski definition) is 4. The molecule has 1 saturated heterocycles. The Hall–Kier alpha value is -1.81. The fraction of sp³-hybridized carbons (Fsp3) is 0.722. The van der Waals surface area contributed by atoms with E-state index < -0.39 is 24.5 Å². The van der Waals surface area contributed by atoms with Crippen molar-refractivity contribution in [1.82, 2.24) is 19.7 Å². The zero-order valence-corrected chi connectivity index (χ0v) is 15.7. The molecule has 0 bridgehead atoms. The van der Waals surface area contributed by atoms with Crippen molar-refractivity contribution in [2.75, 3.05) is 18.5 Å². The Morgan fingerprint density at radius 1 is 1.11 bits per heavy atom. The fourth-order valence-corrected chi connectivity index (χ4v) is 3.38. The van der Waals surface area contributed by atoms with Gasteiger partial charge in [0.05, 0.1) is 18.2 Å². The number of rotatable bonds is 10. The van der Waals surface area contributed by atoms with E-state index in [1.54, 1.807) is 6.20 Å². The molecule has 0 aromatic carbocycles. The highest BCUT2D eigenvalue weighted by molar-refractivity contribution is 5.86. The first-order chi connectivity index (χ1) is 13.2. The number of ether oxygens (including phenoxy) is 1. The van der Waals surface area contributed by atoms with Gasteiger partial charge in [-0.05, 0) is 6.42 Å². The highest BCUT2D eigenvalue weighted by atomic mass is 16.6. The first-order valence-electron chi connectivity index (χ1n) is 9.72. The van der Waals surface area contributed by atoms with Crippen LogP contribution in [0.4, 0.5) is 5.82 Å². The van der Waals surface area contributed by atoms with Crippen LogP contribution in [-0.4, -0.2) is 66.5 Å². The predicted octanol–water partition coefficient (Wildman–Crippen LogP) is 1.21. The van der Waals surface area contributed by atoms with Gasteiger partial charge in [-0.2, -0.15) is 5.10 Å². The van der Waals surface area contributed by atoms with Crippen molar-refractivity contribution in [3.63, 3.8) is 0 Å². The molecule has 0 saturated carbocycles. The van der Waals surface area contributed by atoms with Gasteiger partial charge in [-0.15, -0.1) is 0 Å². The van der Waals surface area contributed by atoms with Crippen LogP contribution in [0.3, 0.4) is 0 Å². The third-order valence-electron chi connectivity index (χ3n) is 4.97. The van der Waals surface area contributed by atoms with Crippen LogP contribution < -0.4 is 5.32 Å². The minimum absolute atomic E-state index is 0.381. The second kappa shape index (κ2) is 9.41. The van der Waals surface area contributed by atoms with Crippen molar-refractivity contribution < 1.29 is 20.1 Å². The van der Waals surface area contributed by atoms with Gasteiger partial charge in [-0.25, -0.2) is 14.6 Å². The molecular formula is C18H29N5O4. The van der Waals surface area contributed by atoms with Gasteiger partial charge in [0.15, 0.2) is 11.9 Å². The normalized spacial score (nSPS) is 25.3. The lowest BCUT2D eigenvalue weighted by atomic mass is 10.1. The van der Waals surface area contributed by atoms with Crippen molar-refractivity contribution in [3.8, 4) is 0 Å². The van der Waals surface area contributed by atoms with E-state index in [9.17, 15) is 15.3 Å². The third kappa shape index (κ3) is 4.37. The van der Waals surface area contributed by atoms with Crippen molar-refractivity contribution in [2.45, 2.75) is 70.0 Å².